The molecule has 0 bridgehead atoms. The monoisotopic (exact) mass is 300 g/mol. The minimum Gasteiger partial charge on any atom is -0.396 e. The van der Waals surface area contributed by atoms with Crippen molar-refractivity contribution in [1.82, 2.24) is 5.32 Å². The lowest BCUT2D eigenvalue weighted by Crippen LogP contribution is -2.32. The summed E-state index contributed by atoms with van der Waals surface area (Å²) in [5, 5.41) is 14.9. The van der Waals surface area contributed by atoms with Crippen LogP contribution in [0.4, 0.5) is 5.69 Å². The molecule has 1 aromatic carbocycles. The molecule has 2 aliphatic rings. The molecule has 1 aromatic rings. The van der Waals surface area contributed by atoms with Crippen molar-refractivity contribution in [1.29, 1.82) is 0 Å². The van der Waals surface area contributed by atoms with Crippen molar-refractivity contribution >= 4 is 17.5 Å². The zero-order valence-corrected chi connectivity index (χ0v) is 12.3. The van der Waals surface area contributed by atoms with Crippen LogP contribution in [0.15, 0.2) is 36.4 Å². The Morgan fingerprint density at radius 1 is 1.14 bits per heavy atom. The molecule has 2 atom stereocenters. The Morgan fingerprint density at radius 3 is 2.45 bits per heavy atom. The topological polar surface area (TPSA) is 78.4 Å². The van der Waals surface area contributed by atoms with Gasteiger partial charge < -0.3 is 15.7 Å². The highest BCUT2D eigenvalue weighted by atomic mass is 16.3. The number of hydrogen-bond donors (Lipinski definition) is 3. The van der Waals surface area contributed by atoms with Crippen LogP contribution in [-0.4, -0.2) is 29.6 Å². The quantitative estimate of drug-likeness (QED) is 0.724. The molecule has 5 heteroatoms. The lowest BCUT2D eigenvalue weighted by atomic mass is 10.1. The average molecular weight is 300 g/mol. The highest BCUT2D eigenvalue weighted by molar-refractivity contribution is 5.97. The van der Waals surface area contributed by atoms with Crippen LogP contribution in [0.2, 0.25) is 0 Å². The van der Waals surface area contributed by atoms with Crippen molar-refractivity contribution in [3.63, 3.8) is 0 Å². The standard InChI is InChI=1S/C17H20N2O3/c20-10-11-1-6-15(9-11)19-17(22)13-4-7-14(8-5-13)18-16(21)12-2-3-12/h1,4-8,11-12,15,20H,2-3,9-10H2,(H,18,21)(H,19,22)/t11-,15+/m0/s1. The average Bonchev–Trinajstić information content (AvgIpc) is 3.28. The molecule has 0 heterocycles. The van der Waals surface area contributed by atoms with Gasteiger partial charge in [-0.1, -0.05) is 12.2 Å². The fourth-order valence-electron chi connectivity index (χ4n) is 2.56. The SMILES string of the molecule is O=C(N[C@@H]1C=C[C@H](CO)C1)c1ccc(NC(=O)C2CC2)cc1. The van der Waals surface area contributed by atoms with E-state index in [-0.39, 0.29) is 36.3 Å². The second-order valence-corrected chi connectivity index (χ2v) is 5.98. The van der Waals surface area contributed by atoms with E-state index < -0.39 is 0 Å². The second kappa shape index (κ2) is 6.32. The number of carbonyl (C=O) groups is 2. The molecule has 116 valence electrons. The van der Waals surface area contributed by atoms with E-state index in [1.165, 1.54) is 0 Å². The van der Waals surface area contributed by atoms with Crippen LogP contribution in [0.1, 0.15) is 29.6 Å². The van der Waals surface area contributed by atoms with E-state index in [9.17, 15) is 9.59 Å². The van der Waals surface area contributed by atoms with Gasteiger partial charge in [0.15, 0.2) is 0 Å². The molecule has 5 nitrogen and oxygen atoms in total. The Hall–Kier alpha value is -2.14. The van der Waals surface area contributed by atoms with Gasteiger partial charge >= 0.3 is 0 Å². The lowest BCUT2D eigenvalue weighted by molar-refractivity contribution is -0.117. The van der Waals surface area contributed by atoms with Crippen molar-refractivity contribution in [2.24, 2.45) is 11.8 Å². The number of amides is 2. The molecule has 1 saturated carbocycles. The maximum atomic E-state index is 12.2. The molecular formula is C17H20N2O3. The minimum absolute atomic E-state index is 0.0288. The summed E-state index contributed by atoms with van der Waals surface area (Å²) in [5.74, 6) is 0.207. The van der Waals surface area contributed by atoms with Gasteiger partial charge in [-0.25, -0.2) is 0 Å². The number of aliphatic hydroxyl groups is 1. The summed E-state index contributed by atoms with van der Waals surface area (Å²) in [6, 6.07) is 6.88. The molecule has 0 aliphatic heterocycles. The number of nitrogens with one attached hydrogen (secondary N) is 2. The van der Waals surface area contributed by atoms with Crippen LogP contribution >= 0.6 is 0 Å². The molecule has 22 heavy (non-hydrogen) atoms. The highest BCUT2D eigenvalue weighted by Crippen LogP contribution is 2.30. The zero-order valence-electron chi connectivity index (χ0n) is 12.3. The molecule has 0 aromatic heterocycles. The molecule has 2 aliphatic carbocycles. The first-order valence-electron chi connectivity index (χ1n) is 7.66. The zero-order chi connectivity index (χ0) is 15.5. The molecular weight excluding hydrogens is 280 g/mol. The summed E-state index contributed by atoms with van der Waals surface area (Å²) < 4.78 is 0. The van der Waals surface area contributed by atoms with Crippen LogP contribution in [0.25, 0.3) is 0 Å². The van der Waals surface area contributed by atoms with Crippen LogP contribution in [0.5, 0.6) is 0 Å². The summed E-state index contributed by atoms with van der Waals surface area (Å²) in [7, 11) is 0. The predicted molar refractivity (Wildman–Crippen MR) is 83.4 cm³/mol. The van der Waals surface area contributed by atoms with E-state index in [1.807, 2.05) is 12.2 Å². The van der Waals surface area contributed by atoms with Crippen molar-refractivity contribution < 1.29 is 14.7 Å². The largest absolute Gasteiger partial charge is 0.396 e. The third kappa shape index (κ3) is 3.54. The number of aliphatic hydroxyl groups excluding tert-OH is 1. The van der Waals surface area contributed by atoms with E-state index >= 15 is 0 Å². The molecule has 0 saturated heterocycles. The third-order valence-corrected chi connectivity index (χ3v) is 4.09. The van der Waals surface area contributed by atoms with E-state index in [1.54, 1.807) is 24.3 Å². The summed E-state index contributed by atoms with van der Waals surface area (Å²) in [4.78, 5) is 23.8. The normalized spacial score (nSPS) is 23.3. The highest BCUT2D eigenvalue weighted by Gasteiger charge is 2.29. The fraction of sp³-hybridized carbons (Fsp3) is 0.412. The molecule has 2 amide bonds. The van der Waals surface area contributed by atoms with Crippen molar-refractivity contribution in [3.05, 3.63) is 42.0 Å². The maximum absolute atomic E-state index is 12.2. The van der Waals surface area contributed by atoms with Crippen molar-refractivity contribution in [3.8, 4) is 0 Å². The Labute approximate surface area is 129 Å². The van der Waals surface area contributed by atoms with Gasteiger partial charge in [0, 0.05) is 35.7 Å². The van der Waals surface area contributed by atoms with Gasteiger partial charge in [-0.15, -0.1) is 0 Å². The van der Waals surface area contributed by atoms with E-state index in [2.05, 4.69) is 10.6 Å². The van der Waals surface area contributed by atoms with Crippen LogP contribution in [0, 0.1) is 11.8 Å². The smallest absolute Gasteiger partial charge is 0.251 e. The Bertz CT molecular complexity index is 590. The van der Waals surface area contributed by atoms with Gasteiger partial charge in [-0.05, 0) is 43.5 Å². The van der Waals surface area contributed by atoms with Gasteiger partial charge in [-0.2, -0.15) is 0 Å². The first-order chi connectivity index (χ1) is 10.7. The van der Waals surface area contributed by atoms with E-state index in [0.29, 0.717) is 5.56 Å². The molecule has 0 radical (unpaired) electrons. The van der Waals surface area contributed by atoms with Gasteiger partial charge in [0.2, 0.25) is 5.91 Å². The van der Waals surface area contributed by atoms with Crippen LogP contribution in [-0.2, 0) is 4.79 Å². The maximum Gasteiger partial charge on any atom is 0.251 e. The predicted octanol–water partition coefficient (Wildman–Crippen LogP) is 1.70. The second-order valence-electron chi connectivity index (χ2n) is 5.98. The number of rotatable bonds is 5. The van der Waals surface area contributed by atoms with Gasteiger partial charge in [-0.3, -0.25) is 9.59 Å². The molecule has 0 spiro atoms. The van der Waals surface area contributed by atoms with Crippen molar-refractivity contribution in [2.45, 2.75) is 25.3 Å². The summed E-state index contributed by atoms with van der Waals surface area (Å²) in [5.41, 5.74) is 1.28. The van der Waals surface area contributed by atoms with Crippen LogP contribution < -0.4 is 10.6 Å². The van der Waals surface area contributed by atoms with Crippen molar-refractivity contribution in [2.75, 3.05) is 11.9 Å². The minimum atomic E-state index is -0.145. The number of hydrogen-bond acceptors (Lipinski definition) is 3. The van der Waals surface area contributed by atoms with E-state index in [4.69, 9.17) is 5.11 Å². The molecule has 3 rings (SSSR count). The van der Waals surface area contributed by atoms with Gasteiger partial charge in [0.25, 0.3) is 5.91 Å². The Morgan fingerprint density at radius 2 is 1.86 bits per heavy atom. The van der Waals surface area contributed by atoms with Gasteiger partial charge in [0.05, 0.1) is 0 Å². The first kappa shape index (κ1) is 14.8. The van der Waals surface area contributed by atoms with Crippen LogP contribution in [0.3, 0.4) is 0 Å². The molecule has 1 fully saturated rings. The summed E-state index contributed by atoms with van der Waals surface area (Å²) in [6.45, 7) is 0.109. The first-order valence-corrected chi connectivity index (χ1v) is 7.66. The number of benzene rings is 1. The fourth-order valence-corrected chi connectivity index (χ4v) is 2.56. The lowest BCUT2D eigenvalue weighted by Gasteiger charge is -2.13. The summed E-state index contributed by atoms with van der Waals surface area (Å²) in [6.07, 6.45) is 6.52. The van der Waals surface area contributed by atoms with E-state index in [0.717, 1.165) is 24.9 Å². The Balaban J connectivity index is 1.54. The number of carbonyl (C=O) groups excluding carboxylic acids is 2. The molecule has 3 N–H and O–H groups in total. The molecule has 0 unspecified atom stereocenters. The summed E-state index contributed by atoms with van der Waals surface area (Å²) >= 11 is 0. The Kier molecular flexibility index (Phi) is 4.24. The third-order valence-electron chi connectivity index (χ3n) is 4.09. The number of anilines is 1. The van der Waals surface area contributed by atoms with Gasteiger partial charge in [0.1, 0.15) is 0 Å².